The number of nitrogens with zero attached hydrogens (tertiary/aromatic N) is 4. The van der Waals surface area contributed by atoms with E-state index in [2.05, 4.69) is 25.8 Å². The van der Waals surface area contributed by atoms with Crippen molar-refractivity contribution in [3.8, 4) is 16.9 Å². The van der Waals surface area contributed by atoms with Crippen molar-refractivity contribution in [2.45, 2.75) is 13.8 Å². The van der Waals surface area contributed by atoms with Crippen LogP contribution in [0.25, 0.3) is 16.9 Å². The number of H-pyrrole nitrogens is 1. The van der Waals surface area contributed by atoms with E-state index in [9.17, 15) is 9.18 Å². The van der Waals surface area contributed by atoms with Crippen LogP contribution in [0, 0.1) is 19.7 Å². The third-order valence-corrected chi connectivity index (χ3v) is 5.06. The largest absolute Gasteiger partial charge is 0.289 e. The normalized spacial score (nSPS) is 11.2. The van der Waals surface area contributed by atoms with Gasteiger partial charge < -0.3 is 0 Å². The molecule has 4 aromatic rings. The van der Waals surface area contributed by atoms with Crippen LogP contribution in [0.5, 0.6) is 0 Å². The fourth-order valence-electron chi connectivity index (χ4n) is 3.25. The summed E-state index contributed by atoms with van der Waals surface area (Å²) in [4.78, 5) is 12.4. The number of hydrogen-bond donors (Lipinski definition) is 2. The fourth-order valence-corrected chi connectivity index (χ4v) is 3.46. The number of aromatic amines is 1. The third kappa shape index (κ3) is 4.10. The van der Waals surface area contributed by atoms with Gasteiger partial charge in [-0.1, -0.05) is 35.9 Å². The lowest BCUT2D eigenvalue weighted by Crippen LogP contribution is -2.18. The molecule has 0 unspecified atom stereocenters. The molecule has 0 radical (unpaired) electrons. The lowest BCUT2D eigenvalue weighted by atomic mass is 10.1. The SMILES string of the molecule is Cc1nn(-c2ccccc2)c(C)c1-c1cc(C(=O)NN=Cc2c(F)cccc2Cl)[nH]n1. The van der Waals surface area contributed by atoms with Crippen LogP contribution >= 0.6 is 11.6 Å². The molecule has 2 N–H and O–H groups in total. The summed E-state index contributed by atoms with van der Waals surface area (Å²) >= 11 is 5.94. The molecular weight excluding hydrogens is 419 g/mol. The summed E-state index contributed by atoms with van der Waals surface area (Å²) < 4.78 is 15.6. The van der Waals surface area contributed by atoms with Gasteiger partial charge in [0.05, 0.1) is 34.0 Å². The van der Waals surface area contributed by atoms with Crippen LogP contribution in [0.1, 0.15) is 27.4 Å². The first-order valence-corrected chi connectivity index (χ1v) is 9.78. The Bertz CT molecular complexity index is 1260. The summed E-state index contributed by atoms with van der Waals surface area (Å²) in [6.07, 6.45) is 1.16. The highest BCUT2D eigenvalue weighted by molar-refractivity contribution is 6.33. The standard InChI is InChI=1S/C22H18ClFN6O/c1-13-21(14(2)30(29-13)15-7-4-3-5-8-15)19-11-20(27-26-19)22(31)28-25-12-16-17(23)9-6-10-18(16)24/h3-12H,1-2H3,(H,26,27)(H,28,31). The van der Waals surface area contributed by atoms with Crippen molar-refractivity contribution in [1.82, 2.24) is 25.4 Å². The van der Waals surface area contributed by atoms with Gasteiger partial charge in [-0.15, -0.1) is 0 Å². The van der Waals surface area contributed by atoms with Gasteiger partial charge in [0, 0.05) is 11.1 Å². The molecule has 0 aliphatic rings. The maximum atomic E-state index is 13.8. The van der Waals surface area contributed by atoms with Gasteiger partial charge in [0.25, 0.3) is 5.91 Å². The average Bonchev–Trinajstić information content (AvgIpc) is 3.35. The number of rotatable bonds is 5. The minimum absolute atomic E-state index is 0.0920. The molecule has 0 bridgehead atoms. The van der Waals surface area contributed by atoms with E-state index in [4.69, 9.17) is 11.6 Å². The van der Waals surface area contributed by atoms with Gasteiger partial charge in [-0.25, -0.2) is 14.5 Å². The summed E-state index contributed by atoms with van der Waals surface area (Å²) in [5.74, 6) is -1.05. The zero-order valence-electron chi connectivity index (χ0n) is 16.7. The molecule has 2 aromatic heterocycles. The first-order chi connectivity index (χ1) is 15.0. The highest BCUT2D eigenvalue weighted by atomic mass is 35.5. The van der Waals surface area contributed by atoms with Gasteiger partial charge in [0.2, 0.25) is 0 Å². The minimum Gasteiger partial charge on any atom is -0.272 e. The molecule has 7 nitrogen and oxygen atoms in total. The summed E-state index contributed by atoms with van der Waals surface area (Å²) in [5, 5.41) is 15.6. The smallest absolute Gasteiger partial charge is 0.272 e. The number of aryl methyl sites for hydroxylation is 1. The van der Waals surface area contributed by atoms with Crippen molar-refractivity contribution < 1.29 is 9.18 Å². The molecule has 31 heavy (non-hydrogen) atoms. The maximum absolute atomic E-state index is 13.8. The van der Waals surface area contributed by atoms with Crippen LogP contribution in [-0.4, -0.2) is 32.1 Å². The van der Waals surface area contributed by atoms with Crippen molar-refractivity contribution >= 4 is 23.7 Å². The number of aromatic nitrogens is 4. The topological polar surface area (TPSA) is 88.0 Å². The van der Waals surface area contributed by atoms with E-state index in [1.807, 2.05) is 48.9 Å². The fraction of sp³-hybridized carbons (Fsp3) is 0.0909. The van der Waals surface area contributed by atoms with E-state index >= 15 is 0 Å². The lowest BCUT2D eigenvalue weighted by Gasteiger charge is -2.04. The van der Waals surface area contributed by atoms with E-state index in [1.165, 1.54) is 18.2 Å². The van der Waals surface area contributed by atoms with Gasteiger partial charge in [-0.2, -0.15) is 15.3 Å². The van der Waals surface area contributed by atoms with E-state index in [1.54, 1.807) is 6.07 Å². The maximum Gasteiger partial charge on any atom is 0.289 e. The lowest BCUT2D eigenvalue weighted by molar-refractivity contribution is 0.0950. The number of hydrazone groups is 1. The Hall–Kier alpha value is -3.78. The predicted molar refractivity (Wildman–Crippen MR) is 117 cm³/mol. The Morgan fingerprint density at radius 3 is 2.71 bits per heavy atom. The second kappa shape index (κ2) is 8.53. The van der Waals surface area contributed by atoms with Crippen molar-refractivity contribution in [1.29, 1.82) is 0 Å². The molecule has 0 saturated carbocycles. The van der Waals surface area contributed by atoms with Gasteiger partial charge >= 0.3 is 0 Å². The Morgan fingerprint density at radius 2 is 1.97 bits per heavy atom. The molecule has 2 heterocycles. The Labute approximate surface area is 182 Å². The monoisotopic (exact) mass is 436 g/mol. The first-order valence-electron chi connectivity index (χ1n) is 9.40. The van der Waals surface area contributed by atoms with Crippen molar-refractivity contribution in [2.75, 3.05) is 0 Å². The Morgan fingerprint density at radius 1 is 1.19 bits per heavy atom. The Kier molecular flexibility index (Phi) is 5.64. The quantitative estimate of drug-likeness (QED) is 0.358. The molecule has 4 rings (SSSR count). The van der Waals surface area contributed by atoms with Crippen LogP contribution < -0.4 is 5.43 Å². The summed E-state index contributed by atoms with van der Waals surface area (Å²) in [6.45, 7) is 3.83. The van der Waals surface area contributed by atoms with Gasteiger partial charge in [0.15, 0.2) is 0 Å². The highest BCUT2D eigenvalue weighted by Crippen LogP contribution is 2.27. The molecule has 2 aromatic carbocycles. The highest BCUT2D eigenvalue weighted by Gasteiger charge is 2.19. The molecule has 0 aliphatic carbocycles. The number of carbonyl (C=O) groups excluding carboxylic acids is 1. The second-order valence-electron chi connectivity index (χ2n) is 6.79. The molecule has 0 spiro atoms. The summed E-state index contributed by atoms with van der Waals surface area (Å²) in [7, 11) is 0. The van der Waals surface area contributed by atoms with E-state index in [0.29, 0.717) is 5.69 Å². The number of halogens is 2. The predicted octanol–water partition coefficient (Wildman–Crippen LogP) is 4.44. The van der Waals surface area contributed by atoms with Crippen molar-refractivity contribution in [3.05, 3.63) is 88.1 Å². The van der Waals surface area contributed by atoms with Gasteiger partial charge in [-0.05, 0) is 44.2 Å². The molecule has 0 aliphatic heterocycles. The molecule has 156 valence electrons. The molecule has 1 amide bonds. The number of hydrogen-bond acceptors (Lipinski definition) is 4. The van der Waals surface area contributed by atoms with E-state index < -0.39 is 11.7 Å². The minimum atomic E-state index is -0.532. The zero-order valence-corrected chi connectivity index (χ0v) is 17.5. The summed E-state index contributed by atoms with van der Waals surface area (Å²) in [6, 6.07) is 15.7. The molecule has 0 atom stereocenters. The third-order valence-electron chi connectivity index (χ3n) is 4.73. The first kappa shape index (κ1) is 20.5. The van der Waals surface area contributed by atoms with Crippen LogP contribution in [-0.2, 0) is 0 Å². The van der Waals surface area contributed by atoms with Crippen molar-refractivity contribution in [2.24, 2.45) is 5.10 Å². The number of amides is 1. The van der Waals surface area contributed by atoms with Gasteiger partial charge in [-0.3, -0.25) is 9.89 Å². The Balaban J connectivity index is 1.54. The van der Waals surface area contributed by atoms with E-state index in [0.717, 1.165) is 28.9 Å². The number of para-hydroxylation sites is 1. The molecule has 9 heteroatoms. The van der Waals surface area contributed by atoms with Crippen molar-refractivity contribution in [3.63, 3.8) is 0 Å². The van der Waals surface area contributed by atoms with Crippen LogP contribution in [0.4, 0.5) is 4.39 Å². The second-order valence-corrected chi connectivity index (χ2v) is 7.20. The van der Waals surface area contributed by atoms with E-state index in [-0.39, 0.29) is 16.3 Å². The molecular formula is C22H18ClFN6O. The average molecular weight is 437 g/mol. The van der Waals surface area contributed by atoms with Crippen LogP contribution in [0.3, 0.4) is 0 Å². The molecule has 0 fully saturated rings. The molecule has 0 saturated heterocycles. The number of benzene rings is 2. The van der Waals surface area contributed by atoms with Crippen LogP contribution in [0.2, 0.25) is 5.02 Å². The van der Waals surface area contributed by atoms with Gasteiger partial charge in [0.1, 0.15) is 11.5 Å². The zero-order chi connectivity index (χ0) is 22.0. The number of nitrogens with one attached hydrogen (secondary N) is 2. The van der Waals surface area contributed by atoms with Crippen LogP contribution in [0.15, 0.2) is 59.7 Å². The number of carbonyl (C=O) groups is 1. The summed E-state index contributed by atoms with van der Waals surface area (Å²) in [5.41, 5.74) is 6.68.